The number of ether oxygens (including phenoxy) is 1. The largest absolute Gasteiger partial charge is 0.508 e. The van der Waals surface area contributed by atoms with Crippen LogP contribution >= 0.6 is 0 Å². The van der Waals surface area contributed by atoms with Crippen molar-refractivity contribution >= 4 is 27.5 Å². The number of anilines is 1. The van der Waals surface area contributed by atoms with E-state index in [1.54, 1.807) is 18.2 Å². The van der Waals surface area contributed by atoms with Crippen molar-refractivity contribution in [3.8, 4) is 35.2 Å². The van der Waals surface area contributed by atoms with Gasteiger partial charge in [0.15, 0.2) is 11.4 Å². The second-order valence-corrected chi connectivity index (χ2v) is 14.5. The molecule has 0 radical (unpaired) electrons. The van der Waals surface area contributed by atoms with Gasteiger partial charge in [-0.25, -0.2) is 8.78 Å². The van der Waals surface area contributed by atoms with Crippen molar-refractivity contribution in [3.05, 3.63) is 53.6 Å². The highest BCUT2D eigenvalue weighted by Crippen LogP contribution is 2.48. The maximum Gasteiger partial charge on any atom is 0.417 e. The summed E-state index contributed by atoms with van der Waals surface area (Å²) in [4.78, 5) is 13.1. The number of aromatic hydroxyl groups is 1. The van der Waals surface area contributed by atoms with Crippen molar-refractivity contribution in [1.29, 1.82) is 0 Å². The number of aromatic nitrogens is 2. The normalized spacial score (nSPS) is 22.9. The van der Waals surface area contributed by atoms with E-state index in [2.05, 4.69) is 16.2 Å². The van der Waals surface area contributed by atoms with E-state index in [0.717, 1.165) is 25.7 Å². The monoisotopic (exact) mass is 693 g/mol. The Morgan fingerprint density at radius 2 is 1.74 bits per heavy atom. The van der Waals surface area contributed by atoms with Gasteiger partial charge in [0.25, 0.3) is 0 Å². The summed E-state index contributed by atoms with van der Waals surface area (Å²) in [5.41, 5.74) is -3.06. The van der Waals surface area contributed by atoms with Crippen LogP contribution in [-0.4, -0.2) is 88.3 Å². The standard InChI is InChI=1S/C37H36F5N5O3/c1-2-21-4-3-5-22-14-25(48)15-26(29(21)22)30-28(38)16-27-32(31(30)39)44-34(45-33(27)47-17-23-6-7-24(18-47)43-23)50-20-35(8-9-35)19-46-12-10-36(49,11-13-46)37(40,41)42/h1,3-5,14-16,23-24,43,48-49H,6-13,17-20H2. The van der Waals surface area contributed by atoms with Gasteiger partial charge in [0.05, 0.1) is 12.2 Å². The van der Waals surface area contributed by atoms with Gasteiger partial charge >= 0.3 is 12.2 Å². The van der Waals surface area contributed by atoms with E-state index < -0.39 is 36.3 Å². The van der Waals surface area contributed by atoms with E-state index >= 15 is 8.78 Å². The van der Waals surface area contributed by atoms with Crippen molar-refractivity contribution in [1.82, 2.24) is 20.2 Å². The molecule has 1 aromatic heterocycles. The number of hydrogen-bond acceptors (Lipinski definition) is 8. The van der Waals surface area contributed by atoms with E-state index in [0.29, 0.717) is 41.8 Å². The molecule has 8 rings (SSSR count). The Morgan fingerprint density at radius 1 is 1.02 bits per heavy atom. The van der Waals surface area contributed by atoms with Crippen molar-refractivity contribution in [2.45, 2.75) is 62.4 Å². The highest BCUT2D eigenvalue weighted by molar-refractivity contribution is 6.04. The molecule has 8 nitrogen and oxygen atoms in total. The number of benzene rings is 3. The molecule has 13 heteroatoms. The maximum atomic E-state index is 16.9. The fourth-order valence-corrected chi connectivity index (χ4v) is 7.99. The summed E-state index contributed by atoms with van der Waals surface area (Å²) in [5.74, 6) is 0.937. The van der Waals surface area contributed by atoms with Crippen LogP contribution in [0.3, 0.4) is 0 Å². The summed E-state index contributed by atoms with van der Waals surface area (Å²) in [6.45, 7) is 2.00. The first-order valence-corrected chi connectivity index (χ1v) is 16.9. The summed E-state index contributed by atoms with van der Waals surface area (Å²) < 4.78 is 79.4. The molecule has 3 saturated heterocycles. The first kappa shape index (κ1) is 32.9. The number of piperazine rings is 1. The molecule has 3 aromatic carbocycles. The molecular formula is C37H36F5N5O3. The third kappa shape index (κ3) is 5.77. The number of piperidine rings is 1. The zero-order chi connectivity index (χ0) is 35.0. The second-order valence-electron chi connectivity index (χ2n) is 14.5. The van der Waals surface area contributed by atoms with Gasteiger partial charge in [-0.2, -0.15) is 23.1 Å². The van der Waals surface area contributed by atoms with Crippen molar-refractivity contribution in [2.24, 2.45) is 5.41 Å². The van der Waals surface area contributed by atoms with Crippen LogP contribution < -0.4 is 15.0 Å². The maximum absolute atomic E-state index is 16.9. The lowest BCUT2D eigenvalue weighted by atomic mass is 9.90. The van der Waals surface area contributed by atoms with E-state index in [1.807, 2.05) is 9.80 Å². The SMILES string of the molecule is C#Cc1cccc2cc(O)cc(-c3c(F)cc4c(N5CC6CCC(C5)N6)nc(OCC5(CN6CCC(O)(C(F)(F)F)CC6)CC5)nc4c3F)c12. The van der Waals surface area contributed by atoms with Gasteiger partial charge in [-0.1, -0.05) is 18.1 Å². The molecule has 1 saturated carbocycles. The van der Waals surface area contributed by atoms with E-state index in [1.165, 1.54) is 18.2 Å². The van der Waals surface area contributed by atoms with E-state index in [4.69, 9.17) is 16.1 Å². The minimum atomic E-state index is -4.68. The van der Waals surface area contributed by atoms with Crippen LogP contribution in [0.4, 0.5) is 27.8 Å². The number of nitrogens with zero attached hydrogens (tertiary/aromatic N) is 4. The molecule has 2 atom stereocenters. The van der Waals surface area contributed by atoms with Crippen LogP contribution in [0.15, 0.2) is 36.4 Å². The predicted octanol–water partition coefficient (Wildman–Crippen LogP) is 5.90. The van der Waals surface area contributed by atoms with Gasteiger partial charge in [0.2, 0.25) is 0 Å². The second kappa shape index (κ2) is 11.9. The number of halogens is 5. The van der Waals surface area contributed by atoms with Crippen molar-refractivity contribution < 1.29 is 36.9 Å². The number of alkyl halides is 3. The number of aliphatic hydroxyl groups is 1. The van der Waals surface area contributed by atoms with Gasteiger partial charge < -0.3 is 30.1 Å². The topological polar surface area (TPSA) is 94.0 Å². The predicted molar refractivity (Wildman–Crippen MR) is 178 cm³/mol. The summed E-state index contributed by atoms with van der Waals surface area (Å²) in [5, 5.41) is 25.3. The average Bonchev–Trinajstić information content (AvgIpc) is 3.77. The molecule has 4 aromatic rings. The lowest BCUT2D eigenvalue weighted by molar-refractivity contribution is -0.273. The summed E-state index contributed by atoms with van der Waals surface area (Å²) in [7, 11) is 0. The van der Waals surface area contributed by atoms with Crippen molar-refractivity contribution in [3.63, 3.8) is 0 Å². The summed E-state index contributed by atoms with van der Waals surface area (Å²) >= 11 is 0. The Labute approximate surface area is 285 Å². The first-order chi connectivity index (χ1) is 23.9. The number of fused-ring (bicyclic) bond motifs is 4. The Morgan fingerprint density at radius 3 is 2.40 bits per heavy atom. The number of hydrogen-bond donors (Lipinski definition) is 3. The third-order valence-corrected chi connectivity index (χ3v) is 11.0. The fraction of sp³-hybridized carbons (Fsp3) is 0.459. The Bertz CT molecular complexity index is 2020. The quantitative estimate of drug-likeness (QED) is 0.163. The first-order valence-electron chi connectivity index (χ1n) is 16.9. The van der Waals surface area contributed by atoms with Gasteiger partial charge in [-0.3, -0.25) is 0 Å². The minimum Gasteiger partial charge on any atom is -0.508 e. The highest BCUT2D eigenvalue weighted by atomic mass is 19.4. The summed E-state index contributed by atoms with van der Waals surface area (Å²) in [6.07, 6.45) is 3.81. The van der Waals surface area contributed by atoms with Gasteiger partial charge in [-0.05, 0) is 68.2 Å². The number of terminal acetylenes is 1. The zero-order valence-electron chi connectivity index (χ0n) is 27.2. The van der Waals surface area contributed by atoms with Crippen LogP contribution in [0.2, 0.25) is 0 Å². The number of phenolic OH excluding ortho intramolecular Hbond substituents is 1. The number of nitrogens with one attached hydrogen (secondary N) is 1. The molecule has 50 heavy (non-hydrogen) atoms. The molecule has 1 aliphatic carbocycles. The van der Waals surface area contributed by atoms with Crippen LogP contribution in [0.5, 0.6) is 11.8 Å². The Kier molecular flexibility index (Phi) is 7.85. The van der Waals surface area contributed by atoms with Gasteiger partial charge in [-0.15, -0.1) is 6.42 Å². The average molecular weight is 694 g/mol. The lowest BCUT2D eigenvalue weighted by Crippen LogP contribution is -2.54. The summed E-state index contributed by atoms with van der Waals surface area (Å²) in [6, 6.07) is 9.39. The highest BCUT2D eigenvalue weighted by Gasteiger charge is 2.55. The molecule has 3 aliphatic heterocycles. The molecule has 2 unspecified atom stereocenters. The number of phenols is 1. The van der Waals surface area contributed by atoms with E-state index in [-0.39, 0.29) is 71.0 Å². The third-order valence-electron chi connectivity index (χ3n) is 11.0. The molecule has 2 bridgehead atoms. The smallest absolute Gasteiger partial charge is 0.417 e. The van der Waals surface area contributed by atoms with Crippen LogP contribution in [-0.2, 0) is 0 Å². The molecule has 262 valence electrons. The molecule has 0 amide bonds. The van der Waals surface area contributed by atoms with Gasteiger partial charge in [0, 0.05) is 72.1 Å². The minimum absolute atomic E-state index is 0.0868. The molecule has 0 spiro atoms. The van der Waals surface area contributed by atoms with Gasteiger partial charge in [0.1, 0.15) is 22.9 Å². The number of likely N-dealkylation sites (tertiary alicyclic amines) is 1. The fourth-order valence-electron chi connectivity index (χ4n) is 7.99. The molecule has 3 N–H and O–H groups in total. The molecule has 4 heterocycles. The van der Waals surface area contributed by atoms with E-state index in [9.17, 15) is 23.4 Å². The molecule has 4 aliphatic rings. The molecule has 4 fully saturated rings. The lowest BCUT2D eigenvalue weighted by Gasteiger charge is -2.40. The van der Waals surface area contributed by atoms with Crippen LogP contribution in [0.25, 0.3) is 32.8 Å². The number of rotatable bonds is 7. The zero-order valence-corrected chi connectivity index (χ0v) is 27.2. The van der Waals surface area contributed by atoms with Crippen LogP contribution in [0.1, 0.15) is 44.1 Å². The Hall–Kier alpha value is -4.25. The van der Waals surface area contributed by atoms with Crippen molar-refractivity contribution in [2.75, 3.05) is 44.2 Å². The molecular weight excluding hydrogens is 657 g/mol. The Balaban J connectivity index is 1.15. The van der Waals surface area contributed by atoms with Crippen LogP contribution in [0, 0.1) is 29.4 Å².